The van der Waals surface area contributed by atoms with E-state index in [2.05, 4.69) is 20.8 Å². The van der Waals surface area contributed by atoms with Gasteiger partial charge in [-0.1, -0.05) is 186 Å². The van der Waals surface area contributed by atoms with Gasteiger partial charge < -0.3 is 29.9 Å². The normalized spacial score (nSPS) is 20.5. The first-order valence-corrected chi connectivity index (χ1v) is 22.5. The van der Waals surface area contributed by atoms with Crippen LogP contribution in [-0.4, -0.2) is 70.0 Å². The molecule has 0 aromatic rings. The van der Waals surface area contributed by atoms with Gasteiger partial charge in [-0.15, -0.1) is 0 Å². The number of rotatable bonds is 36. The van der Waals surface area contributed by atoms with Crippen molar-refractivity contribution in [2.75, 3.05) is 13.2 Å². The average Bonchev–Trinajstić information content (AvgIpc) is 3.43. The molecule has 0 aliphatic heterocycles. The SMILES string of the molecule is CCCCC[C@@H](O)/C=C/[C@@H]1[C@H](C/C=C\CC(=O)O[C@@H](CO)COC(=O)CCCCCCCCCCCCCCCCCCCCC(C)CC)[C@@H](O)C[C@H]1O. The molecule has 0 radical (unpaired) electrons. The van der Waals surface area contributed by atoms with Crippen LogP contribution in [0.2, 0.25) is 0 Å². The number of carbonyl (C=O) groups excluding carboxylic acids is 2. The highest BCUT2D eigenvalue weighted by Gasteiger charge is 2.39. The van der Waals surface area contributed by atoms with Gasteiger partial charge in [0, 0.05) is 18.8 Å². The van der Waals surface area contributed by atoms with Gasteiger partial charge >= 0.3 is 11.9 Å². The number of hydrogen-bond donors (Lipinski definition) is 4. The molecule has 1 saturated carbocycles. The second-order valence-corrected chi connectivity index (χ2v) is 16.4. The number of carbonyl (C=O) groups is 2. The molecule has 54 heavy (non-hydrogen) atoms. The summed E-state index contributed by atoms with van der Waals surface area (Å²) in [5, 5.41) is 40.8. The lowest BCUT2D eigenvalue weighted by atomic mass is 9.89. The van der Waals surface area contributed by atoms with Gasteiger partial charge in [-0.05, 0) is 31.1 Å². The molecule has 8 nitrogen and oxygen atoms in total. The Bertz CT molecular complexity index is 951. The summed E-state index contributed by atoms with van der Waals surface area (Å²) in [6, 6.07) is 0. The van der Waals surface area contributed by atoms with Gasteiger partial charge in [-0.2, -0.15) is 0 Å². The van der Waals surface area contributed by atoms with Crippen LogP contribution in [0.25, 0.3) is 0 Å². The fourth-order valence-electron chi connectivity index (χ4n) is 7.51. The molecule has 0 spiro atoms. The summed E-state index contributed by atoms with van der Waals surface area (Å²) in [6.45, 7) is 6.17. The van der Waals surface area contributed by atoms with E-state index >= 15 is 0 Å². The maximum absolute atomic E-state index is 12.3. The van der Waals surface area contributed by atoms with E-state index in [1.807, 2.05) is 6.08 Å². The number of unbranched alkanes of at least 4 members (excludes halogenated alkanes) is 19. The zero-order valence-corrected chi connectivity index (χ0v) is 35.0. The molecular weight excluding hydrogens is 680 g/mol. The Morgan fingerprint density at radius 2 is 1.24 bits per heavy atom. The van der Waals surface area contributed by atoms with Crippen molar-refractivity contribution >= 4 is 11.9 Å². The second kappa shape index (κ2) is 34.5. The van der Waals surface area contributed by atoms with Crippen molar-refractivity contribution in [3.8, 4) is 0 Å². The largest absolute Gasteiger partial charge is 0.462 e. The standard InChI is InChI=1S/C46H84O8/c1-4-6-23-29-39(48)33-34-42-41(43(49)35-44(42)50)30-26-27-32-46(52)54-40(36-47)37-53-45(51)31-25-22-20-18-16-14-12-10-8-7-9-11-13-15-17-19-21-24-28-38(3)5-2/h26-27,33-34,38-44,47-50H,4-25,28-32,35-37H2,1-3H3/b27-26-,34-33+/t38?,39-,40+,41+,42-,43+,44-/m1/s1. The lowest BCUT2D eigenvalue weighted by molar-refractivity contribution is -0.160. The Morgan fingerprint density at radius 3 is 1.78 bits per heavy atom. The monoisotopic (exact) mass is 765 g/mol. The van der Waals surface area contributed by atoms with E-state index in [9.17, 15) is 30.0 Å². The molecule has 1 rings (SSSR count). The number of ether oxygens (including phenoxy) is 2. The molecule has 0 saturated heterocycles. The van der Waals surface area contributed by atoms with E-state index < -0.39 is 37.0 Å². The average molecular weight is 765 g/mol. The van der Waals surface area contributed by atoms with Crippen molar-refractivity contribution in [2.24, 2.45) is 17.8 Å². The van der Waals surface area contributed by atoms with E-state index in [4.69, 9.17) is 9.47 Å². The lowest BCUT2D eigenvalue weighted by Crippen LogP contribution is -2.28. The van der Waals surface area contributed by atoms with E-state index in [0.717, 1.165) is 44.4 Å². The fraction of sp³-hybridized carbons (Fsp3) is 0.870. The van der Waals surface area contributed by atoms with Gasteiger partial charge in [-0.3, -0.25) is 9.59 Å². The third-order valence-corrected chi connectivity index (χ3v) is 11.4. The molecule has 7 atom stereocenters. The summed E-state index contributed by atoms with van der Waals surface area (Å²) < 4.78 is 10.6. The lowest BCUT2D eigenvalue weighted by Gasteiger charge is -2.19. The highest BCUT2D eigenvalue weighted by molar-refractivity contribution is 5.71. The molecule has 8 heteroatoms. The minimum Gasteiger partial charge on any atom is -0.462 e. The van der Waals surface area contributed by atoms with Gasteiger partial charge in [0.25, 0.3) is 0 Å². The van der Waals surface area contributed by atoms with Crippen LogP contribution in [0.3, 0.4) is 0 Å². The third kappa shape index (κ3) is 27.0. The molecule has 1 aliphatic carbocycles. The summed E-state index contributed by atoms with van der Waals surface area (Å²) in [6.07, 6.45) is 35.1. The van der Waals surface area contributed by atoms with Gasteiger partial charge in [0.15, 0.2) is 6.10 Å². The zero-order chi connectivity index (χ0) is 39.7. The van der Waals surface area contributed by atoms with Crippen LogP contribution < -0.4 is 0 Å². The van der Waals surface area contributed by atoms with Crippen LogP contribution in [0.15, 0.2) is 24.3 Å². The topological polar surface area (TPSA) is 134 Å². The van der Waals surface area contributed by atoms with Gasteiger partial charge in [-0.25, -0.2) is 0 Å². The third-order valence-electron chi connectivity index (χ3n) is 11.4. The number of esters is 2. The zero-order valence-electron chi connectivity index (χ0n) is 35.0. The second-order valence-electron chi connectivity index (χ2n) is 16.4. The first-order valence-electron chi connectivity index (χ1n) is 22.5. The van der Waals surface area contributed by atoms with Crippen molar-refractivity contribution in [3.05, 3.63) is 24.3 Å². The van der Waals surface area contributed by atoms with Crippen LogP contribution in [-0.2, 0) is 19.1 Å². The van der Waals surface area contributed by atoms with Crippen molar-refractivity contribution in [2.45, 2.75) is 225 Å². The number of aliphatic hydroxyl groups is 4. The minimum absolute atomic E-state index is 0.0223. The molecule has 4 N–H and O–H groups in total. The Balaban J connectivity index is 2.03. The van der Waals surface area contributed by atoms with Crippen molar-refractivity contribution in [1.29, 1.82) is 0 Å². The Hall–Kier alpha value is -1.74. The number of aliphatic hydroxyl groups excluding tert-OH is 4. The summed E-state index contributed by atoms with van der Waals surface area (Å²) in [5.41, 5.74) is 0. The molecule has 0 heterocycles. The molecule has 0 aromatic heterocycles. The van der Waals surface area contributed by atoms with Crippen LogP contribution in [0.1, 0.15) is 201 Å². The molecule has 1 unspecified atom stereocenters. The van der Waals surface area contributed by atoms with E-state index in [1.165, 1.54) is 109 Å². The molecule has 0 aromatic carbocycles. The van der Waals surface area contributed by atoms with Gasteiger partial charge in [0.1, 0.15) is 6.61 Å². The summed E-state index contributed by atoms with van der Waals surface area (Å²) in [4.78, 5) is 24.5. The van der Waals surface area contributed by atoms with Crippen LogP contribution in [0.5, 0.6) is 0 Å². The summed E-state index contributed by atoms with van der Waals surface area (Å²) in [5.74, 6) is -0.474. The first-order chi connectivity index (χ1) is 26.2. The minimum atomic E-state index is -0.913. The van der Waals surface area contributed by atoms with Crippen molar-refractivity contribution < 1.29 is 39.5 Å². The van der Waals surface area contributed by atoms with Crippen LogP contribution in [0.4, 0.5) is 0 Å². The maximum atomic E-state index is 12.3. The Labute approximate surface area is 331 Å². The number of hydrogen-bond acceptors (Lipinski definition) is 8. The molecule has 1 fully saturated rings. The molecular formula is C46H84O8. The van der Waals surface area contributed by atoms with E-state index in [-0.39, 0.29) is 37.3 Å². The van der Waals surface area contributed by atoms with Gasteiger partial charge in [0.2, 0.25) is 0 Å². The predicted molar refractivity (Wildman–Crippen MR) is 221 cm³/mol. The predicted octanol–water partition coefficient (Wildman–Crippen LogP) is 10.5. The molecule has 1 aliphatic rings. The van der Waals surface area contributed by atoms with Gasteiger partial charge in [0.05, 0.1) is 31.3 Å². The fourth-order valence-corrected chi connectivity index (χ4v) is 7.51. The summed E-state index contributed by atoms with van der Waals surface area (Å²) >= 11 is 0. The maximum Gasteiger partial charge on any atom is 0.310 e. The van der Waals surface area contributed by atoms with E-state index in [0.29, 0.717) is 19.3 Å². The van der Waals surface area contributed by atoms with Crippen molar-refractivity contribution in [3.63, 3.8) is 0 Å². The molecule has 0 amide bonds. The van der Waals surface area contributed by atoms with Crippen molar-refractivity contribution in [1.82, 2.24) is 0 Å². The Morgan fingerprint density at radius 1 is 0.704 bits per heavy atom. The quantitative estimate of drug-likeness (QED) is 0.0281. The van der Waals surface area contributed by atoms with Crippen LogP contribution in [0, 0.1) is 17.8 Å². The Kier molecular flexibility index (Phi) is 32.1. The summed E-state index contributed by atoms with van der Waals surface area (Å²) in [7, 11) is 0. The number of allylic oxidation sites excluding steroid dienone is 1. The highest BCUT2D eigenvalue weighted by atomic mass is 16.6. The smallest absolute Gasteiger partial charge is 0.310 e. The molecule has 0 bridgehead atoms. The first kappa shape index (κ1) is 50.3. The van der Waals surface area contributed by atoms with Crippen LogP contribution >= 0.6 is 0 Å². The molecule has 316 valence electrons. The highest BCUT2D eigenvalue weighted by Crippen LogP contribution is 2.36. The van der Waals surface area contributed by atoms with E-state index in [1.54, 1.807) is 18.2 Å².